The van der Waals surface area contributed by atoms with Crippen molar-refractivity contribution in [3.8, 4) is 12.0 Å². The van der Waals surface area contributed by atoms with Crippen LogP contribution in [0.5, 0.6) is 12.0 Å². The Morgan fingerprint density at radius 3 is 2.45 bits per heavy atom. The molecule has 1 aromatic carbocycles. The Kier molecular flexibility index (Phi) is 8.66. The van der Waals surface area contributed by atoms with Gasteiger partial charge in [0, 0.05) is 0 Å². The fraction of sp³-hybridized carbons (Fsp3) is 0.500. The number of imidazole rings is 1. The summed E-state index contributed by atoms with van der Waals surface area (Å²) in [5.41, 5.74) is 8.87. The summed E-state index contributed by atoms with van der Waals surface area (Å²) in [6.07, 6.45) is 2.08. The zero-order chi connectivity index (χ0) is 23.8. The minimum absolute atomic E-state index is 0.189. The van der Waals surface area contributed by atoms with E-state index in [0.717, 1.165) is 24.0 Å². The van der Waals surface area contributed by atoms with Crippen molar-refractivity contribution in [3.05, 3.63) is 35.4 Å². The van der Waals surface area contributed by atoms with Gasteiger partial charge in [0.1, 0.15) is 0 Å². The third-order valence-electron chi connectivity index (χ3n) is 4.84. The molecule has 0 fully saturated rings. The van der Waals surface area contributed by atoms with Gasteiger partial charge in [0.15, 0.2) is 17.0 Å². The molecule has 180 valence electrons. The van der Waals surface area contributed by atoms with Crippen molar-refractivity contribution in [1.29, 1.82) is 0 Å². The van der Waals surface area contributed by atoms with Crippen LogP contribution in [0.15, 0.2) is 24.3 Å². The number of nitrogens with two attached hydrogens (primary N) is 1. The van der Waals surface area contributed by atoms with Crippen LogP contribution < -0.4 is 15.2 Å². The molecular formula is C22H32N5O5P. The lowest BCUT2D eigenvalue weighted by atomic mass is 10.1. The van der Waals surface area contributed by atoms with Gasteiger partial charge in [-0.3, -0.25) is 9.13 Å². The second-order valence-electron chi connectivity index (χ2n) is 7.37. The fourth-order valence-corrected chi connectivity index (χ4v) is 5.09. The number of nitrogen functional groups attached to an aromatic ring is 1. The predicted molar refractivity (Wildman–Crippen MR) is 127 cm³/mol. The number of hydrogen-bond donors (Lipinski definition) is 1. The maximum absolute atomic E-state index is 12.9. The van der Waals surface area contributed by atoms with Crippen molar-refractivity contribution in [2.75, 3.05) is 32.7 Å². The van der Waals surface area contributed by atoms with Crippen molar-refractivity contribution in [1.82, 2.24) is 19.5 Å². The molecule has 0 spiro atoms. The van der Waals surface area contributed by atoms with Gasteiger partial charge < -0.3 is 24.3 Å². The van der Waals surface area contributed by atoms with Crippen LogP contribution in [-0.2, 0) is 26.3 Å². The first kappa shape index (κ1) is 25.0. The predicted octanol–water partition coefficient (Wildman–Crippen LogP) is 4.41. The molecule has 3 aromatic rings. The monoisotopic (exact) mass is 477 g/mol. The van der Waals surface area contributed by atoms with Crippen molar-refractivity contribution in [2.24, 2.45) is 0 Å². The Bertz CT molecular complexity index is 1110. The largest absolute Gasteiger partial charge is 0.468 e. The number of ether oxygens (including phenoxy) is 2. The number of fused-ring (bicyclic) bond motifs is 1. The number of aromatic nitrogens is 4. The quantitative estimate of drug-likeness (QED) is 0.281. The second kappa shape index (κ2) is 11.4. The highest BCUT2D eigenvalue weighted by Crippen LogP contribution is 2.51. The third-order valence-corrected chi connectivity index (χ3v) is 6.89. The fourth-order valence-electron chi connectivity index (χ4n) is 3.41. The Morgan fingerprint density at radius 2 is 1.79 bits per heavy atom. The maximum Gasteiger partial charge on any atom is 0.335 e. The van der Waals surface area contributed by atoms with Crippen molar-refractivity contribution >= 4 is 24.6 Å². The summed E-state index contributed by atoms with van der Waals surface area (Å²) in [6.45, 7) is 7.23. The van der Waals surface area contributed by atoms with E-state index in [-0.39, 0.29) is 18.0 Å². The normalized spacial score (nSPS) is 11.8. The van der Waals surface area contributed by atoms with Crippen molar-refractivity contribution in [2.45, 2.75) is 46.3 Å². The Hall–Kier alpha value is -2.68. The van der Waals surface area contributed by atoms with Crippen LogP contribution in [0.2, 0.25) is 0 Å². The van der Waals surface area contributed by atoms with Crippen LogP contribution in [0.3, 0.4) is 0 Å². The first-order valence-electron chi connectivity index (χ1n) is 11.1. The Morgan fingerprint density at radius 1 is 1.06 bits per heavy atom. The lowest BCUT2D eigenvalue weighted by Crippen LogP contribution is -2.07. The van der Waals surface area contributed by atoms with Crippen molar-refractivity contribution < 1.29 is 23.1 Å². The molecule has 0 radical (unpaired) electrons. The molecular weight excluding hydrogens is 445 g/mol. The molecule has 0 atom stereocenters. The molecule has 10 nitrogen and oxygen atoms in total. The van der Waals surface area contributed by atoms with Crippen LogP contribution in [0.25, 0.3) is 11.2 Å². The van der Waals surface area contributed by atoms with E-state index in [2.05, 4.69) is 21.9 Å². The zero-order valence-corrected chi connectivity index (χ0v) is 20.5. The summed E-state index contributed by atoms with van der Waals surface area (Å²) in [5, 5.41) is 0. The van der Waals surface area contributed by atoms with Crippen LogP contribution in [0.4, 0.5) is 5.82 Å². The number of anilines is 1. The van der Waals surface area contributed by atoms with E-state index in [1.165, 1.54) is 7.11 Å². The van der Waals surface area contributed by atoms with E-state index in [9.17, 15) is 4.57 Å². The number of benzene rings is 1. The molecule has 3 rings (SSSR count). The minimum Gasteiger partial charge on any atom is -0.468 e. The van der Waals surface area contributed by atoms with Gasteiger partial charge in [0.2, 0.25) is 0 Å². The van der Waals surface area contributed by atoms with Crippen LogP contribution in [0, 0.1) is 0 Å². The summed E-state index contributed by atoms with van der Waals surface area (Å²) in [5.74, 6) is 0.228. The first-order valence-corrected chi connectivity index (χ1v) is 12.8. The average molecular weight is 478 g/mol. The lowest BCUT2D eigenvalue weighted by molar-refractivity contribution is 0.219. The van der Waals surface area contributed by atoms with Crippen LogP contribution in [0.1, 0.15) is 44.7 Å². The van der Waals surface area contributed by atoms with Gasteiger partial charge >= 0.3 is 13.6 Å². The number of hydrogen-bond acceptors (Lipinski definition) is 9. The molecule has 2 aromatic heterocycles. The molecule has 0 aliphatic rings. The molecule has 0 saturated heterocycles. The number of methoxy groups -OCH3 is 1. The summed E-state index contributed by atoms with van der Waals surface area (Å²) in [7, 11) is -1.67. The van der Waals surface area contributed by atoms with Gasteiger partial charge in [-0.25, -0.2) is 0 Å². The number of rotatable bonds is 13. The highest BCUT2D eigenvalue weighted by atomic mass is 31.2. The summed E-state index contributed by atoms with van der Waals surface area (Å²) in [4.78, 5) is 13.2. The molecule has 2 heterocycles. The summed E-state index contributed by atoms with van der Waals surface area (Å²) >= 11 is 0. The van der Waals surface area contributed by atoms with Crippen molar-refractivity contribution in [3.63, 3.8) is 0 Å². The summed E-state index contributed by atoms with van der Waals surface area (Å²) in [6, 6.07) is 8.29. The standard InChI is InChI=1S/C22H32N5O5P/c1-5-8-12-30-21-25-19(23)18-20(26-21)27(22(24-18)29-4)14-16-10-9-11-17(13-16)15-33(28,31-6-2)32-7-3/h9-11,13H,5-8,12,14-15H2,1-4H3,(H2,23,25,26). The molecule has 0 aliphatic heterocycles. The van der Waals surface area contributed by atoms with Crippen LogP contribution >= 0.6 is 7.60 Å². The maximum atomic E-state index is 12.9. The summed E-state index contributed by atoms with van der Waals surface area (Å²) < 4.78 is 36.8. The average Bonchev–Trinajstić information content (AvgIpc) is 3.12. The van der Waals surface area contributed by atoms with Crippen LogP contribution in [-0.4, -0.2) is 46.4 Å². The number of unbranched alkanes of at least 4 members (excludes halogenated alkanes) is 1. The highest BCUT2D eigenvalue weighted by molar-refractivity contribution is 7.53. The molecule has 0 amide bonds. The molecule has 2 N–H and O–H groups in total. The topological polar surface area (TPSA) is 124 Å². The lowest BCUT2D eigenvalue weighted by Gasteiger charge is -2.17. The van der Waals surface area contributed by atoms with E-state index in [1.807, 2.05) is 28.8 Å². The Balaban J connectivity index is 1.92. The molecule has 0 bridgehead atoms. The van der Waals surface area contributed by atoms with E-state index in [1.54, 1.807) is 13.8 Å². The van der Waals surface area contributed by atoms with E-state index in [4.69, 9.17) is 24.3 Å². The van der Waals surface area contributed by atoms with Gasteiger partial charge in [-0.15, -0.1) is 0 Å². The number of nitrogens with zero attached hydrogens (tertiary/aromatic N) is 4. The first-order chi connectivity index (χ1) is 15.9. The van der Waals surface area contributed by atoms with E-state index < -0.39 is 7.60 Å². The Labute approximate surface area is 194 Å². The zero-order valence-electron chi connectivity index (χ0n) is 19.6. The molecule has 0 unspecified atom stereocenters. The SMILES string of the molecule is CCCCOc1nc(N)c2nc(OC)n(Cc3cccc(CP(=O)(OCC)OCC)c3)c2n1. The molecule has 0 saturated carbocycles. The van der Waals surface area contributed by atoms with Gasteiger partial charge in [0.05, 0.1) is 39.6 Å². The van der Waals surface area contributed by atoms with Gasteiger partial charge in [-0.1, -0.05) is 37.6 Å². The van der Waals surface area contributed by atoms with Gasteiger partial charge in [-0.2, -0.15) is 15.0 Å². The third kappa shape index (κ3) is 6.22. The highest BCUT2D eigenvalue weighted by Gasteiger charge is 2.24. The van der Waals surface area contributed by atoms with E-state index in [0.29, 0.717) is 43.5 Å². The molecule has 33 heavy (non-hydrogen) atoms. The molecule has 0 aliphatic carbocycles. The second-order valence-corrected chi connectivity index (χ2v) is 9.43. The molecule has 11 heteroatoms. The smallest absolute Gasteiger partial charge is 0.335 e. The van der Waals surface area contributed by atoms with Gasteiger partial charge in [0.25, 0.3) is 6.01 Å². The van der Waals surface area contributed by atoms with Gasteiger partial charge in [-0.05, 0) is 31.4 Å². The minimum atomic E-state index is -3.21. The van der Waals surface area contributed by atoms with E-state index >= 15 is 0 Å².